The Morgan fingerprint density at radius 3 is 2.68 bits per heavy atom. The fourth-order valence-electron chi connectivity index (χ4n) is 1.20. The summed E-state index contributed by atoms with van der Waals surface area (Å²) in [6.45, 7) is 6.44. The second kappa shape index (κ2) is 10.2. The fourth-order valence-corrected chi connectivity index (χ4v) is 1.20. The van der Waals surface area contributed by atoms with Crippen molar-refractivity contribution in [3.05, 3.63) is 41.5 Å². The van der Waals surface area contributed by atoms with Gasteiger partial charge in [-0.1, -0.05) is 13.0 Å². The summed E-state index contributed by atoms with van der Waals surface area (Å²) in [4.78, 5) is 0. The lowest BCUT2D eigenvalue weighted by molar-refractivity contribution is 0.103. The fraction of sp³-hybridized carbons (Fsp3) is 0.467. The van der Waals surface area contributed by atoms with Gasteiger partial charge in [-0.2, -0.15) is 0 Å². The lowest BCUT2D eigenvalue weighted by Crippen LogP contribution is -2.07. The number of hydrogen-bond donors (Lipinski definition) is 3. The van der Waals surface area contributed by atoms with E-state index in [9.17, 15) is 5.11 Å². The van der Waals surface area contributed by atoms with Gasteiger partial charge in [-0.25, -0.2) is 0 Å². The van der Waals surface area contributed by atoms with Gasteiger partial charge in [0.15, 0.2) is 5.88 Å². The van der Waals surface area contributed by atoms with Crippen molar-refractivity contribution in [2.24, 2.45) is 0 Å². The summed E-state index contributed by atoms with van der Waals surface area (Å²) in [6.07, 6.45) is 7.77. The largest absolute Gasteiger partial charge is 0.495 e. The molecule has 4 nitrogen and oxygen atoms in total. The molecule has 0 aliphatic rings. The van der Waals surface area contributed by atoms with Crippen LogP contribution in [0.15, 0.2) is 41.5 Å². The molecule has 0 aromatic carbocycles. The summed E-state index contributed by atoms with van der Waals surface area (Å²) in [5.74, 6) is -0.0347. The van der Waals surface area contributed by atoms with Gasteiger partial charge < -0.3 is 20.6 Å². The third-order valence-electron chi connectivity index (χ3n) is 2.14. The van der Waals surface area contributed by atoms with Crippen LogP contribution in [-0.2, 0) is 4.74 Å². The molecule has 106 valence electrons. The van der Waals surface area contributed by atoms with Gasteiger partial charge in [0.1, 0.15) is 0 Å². The van der Waals surface area contributed by atoms with E-state index in [-0.39, 0.29) is 17.7 Å². The quantitative estimate of drug-likeness (QED) is 0.273. The van der Waals surface area contributed by atoms with E-state index >= 15 is 0 Å². The van der Waals surface area contributed by atoms with E-state index < -0.39 is 0 Å². The maximum atomic E-state index is 9.34. The molecular weight excluding hydrogens is 240 g/mol. The van der Waals surface area contributed by atoms with Crippen molar-refractivity contribution >= 4 is 5.71 Å². The Hall–Kier alpha value is -1.77. The minimum absolute atomic E-state index is 0.0347. The molecule has 0 aromatic rings. The highest BCUT2D eigenvalue weighted by atomic mass is 16.5. The van der Waals surface area contributed by atoms with E-state index in [1.165, 1.54) is 6.08 Å². The van der Waals surface area contributed by atoms with Crippen molar-refractivity contribution in [1.29, 1.82) is 5.41 Å². The first-order valence-corrected chi connectivity index (χ1v) is 6.41. The van der Waals surface area contributed by atoms with Gasteiger partial charge in [0.25, 0.3) is 0 Å². The van der Waals surface area contributed by atoms with Crippen LogP contribution in [0.25, 0.3) is 0 Å². The zero-order valence-electron chi connectivity index (χ0n) is 12.2. The van der Waals surface area contributed by atoms with Crippen molar-refractivity contribution in [1.82, 2.24) is 5.32 Å². The van der Waals surface area contributed by atoms with Gasteiger partial charge in [-0.3, -0.25) is 0 Å². The van der Waals surface area contributed by atoms with Crippen LogP contribution >= 0.6 is 0 Å². The third kappa shape index (κ3) is 8.89. The van der Waals surface area contributed by atoms with Crippen molar-refractivity contribution in [2.75, 3.05) is 13.7 Å². The monoisotopic (exact) mass is 264 g/mol. The number of rotatable bonds is 8. The Bertz CT molecular complexity index is 400. The molecule has 19 heavy (non-hydrogen) atoms. The number of allylic oxidation sites excluding steroid dienone is 3. The molecule has 0 heterocycles. The zero-order valence-corrected chi connectivity index (χ0v) is 12.2. The molecule has 0 rings (SSSR count). The third-order valence-corrected chi connectivity index (χ3v) is 2.14. The van der Waals surface area contributed by atoms with Crippen LogP contribution in [0.3, 0.4) is 0 Å². The highest BCUT2D eigenvalue weighted by Crippen LogP contribution is 2.03. The molecule has 0 aromatic heterocycles. The standard InChI is InChI=1S/C15H24N2O2/c1-5-8-13(14(16)11-15(18)17-4)9-6-7-10-19-12(2)3/h7-9,11-12,16-18H,5,10H2,1-4H3/b13-8+,15-11+,16-14?. The van der Waals surface area contributed by atoms with E-state index in [1.807, 2.05) is 26.8 Å². The predicted molar refractivity (Wildman–Crippen MR) is 79.6 cm³/mol. The van der Waals surface area contributed by atoms with E-state index in [4.69, 9.17) is 10.1 Å². The second-order valence-corrected chi connectivity index (χ2v) is 4.16. The van der Waals surface area contributed by atoms with Crippen LogP contribution < -0.4 is 5.32 Å². The molecule has 4 heteroatoms. The van der Waals surface area contributed by atoms with Crippen LogP contribution in [0, 0.1) is 5.41 Å². The summed E-state index contributed by atoms with van der Waals surface area (Å²) in [7, 11) is 1.60. The SMILES string of the molecule is CC/C=C(\C=C=CCOC(C)C)C(=N)/C=C(/O)NC. The van der Waals surface area contributed by atoms with Crippen LogP contribution in [0.2, 0.25) is 0 Å². The molecule has 3 N–H and O–H groups in total. The molecule has 0 amide bonds. The Kier molecular flexibility index (Phi) is 9.23. The lowest BCUT2D eigenvalue weighted by Gasteiger charge is -2.02. The van der Waals surface area contributed by atoms with E-state index in [2.05, 4.69) is 11.0 Å². The number of aliphatic hydroxyl groups is 1. The van der Waals surface area contributed by atoms with Gasteiger partial charge in [-0.05, 0) is 32.4 Å². The minimum Gasteiger partial charge on any atom is -0.495 e. The Morgan fingerprint density at radius 1 is 1.47 bits per heavy atom. The van der Waals surface area contributed by atoms with Gasteiger partial charge in [-0.15, -0.1) is 5.73 Å². The van der Waals surface area contributed by atoms with Crippen LogP contribution in [-0.4, -0.2) is 30.6 Å². The maximum Gasteiger partial charge on any atom is 0.186 e. The molecule has 0 aliphatic heterocycles. The normalized spacial score (nSPS) is 12.1. The Labute approximate surface area is 115 Å². The molecular formula is C15H24N2O2. The minimum atomic E-state index is -0.0347. The van der Waals surface area contributed by atoms with Crippen LogP contribution in [0.1, 0.15) is 27.2 Å². The van der Waals surface area contributed by atoms with Gasteiger partial charge in [0.05, 0.1) is 18.4 Å². The molecule has 0 saturated carbocycles. The molecule has 0 radical (unpaired) electrons. The number of ether oxygens (including phenoxy) is 1. The molecule has 0 atom stereocenters. The average Bonchev–Trinajstić information content (AvgIpc) is 2.36. The molecule has 0 unspecified atom stereocenters. The van der Waals surface area contributed by atoms with Gasteiger partial charge >= 0.3 is 0 Å². The summed E-state index contributed by atoms with van der Waals surface area (Å²) in [5.41, 5.74) is 3.93. The van der Waals surface area contributed by atoms with E-state index in [1.54, 1.807) is 19.2 Å². The lowest BCUT2D eigenvalue weighted by atomic mass is 10.1. The van der Waals surface area contributed by atoms with Crippen molar-refractivity contribution in [3.8, 4) is 0 Å². The van der Waals surface area contributed by atoms with Crippen LogP contribution in [0.4, 0.5) is 0 Å². The maximum absolute atomic E-state index is 9.34. The summed E-state index contributed by atoms with van der Waals surface area (Å²) < 4.78 is 5.35. The first-order valence-electron chi connectivity index (χ1n) is 6.41. The predicted octanol–water partition coefficient (Wildman–Crippen LogP) is 3.10. The Morgan fingerprint density at radius 2 is 2.16 bits per heavy atom. The van der Waals surface area contributed by atoms with Gasteiger partial charge in [0, 0.05) is 18.7 Å². The van der Waals surface area contributed by atoms with Crippen LogP contribution in [0.5, 0.6) is 0 Å². The second-order valence-electron chi connectivity index (χ2n) is 4.16. The molecule has 0 bridgehead atoms. The smallest absolute Gasteiger partial charge is 0.186 e. The summed E-state index contributed by atoms with van der Waals surface area (Å²) in [5, 5.41) is 19.8. The number of aliphatic hydroxyl groups excluding tert-OH is 1. The highest BCUT2D eigenvalue weighted by Gasteiger charge is 1.99. The Balaban J connectivity index is 4.72. The molecule has 0 fully saturated rings. The molecule has 0 aliphatic carbocycles. The summed E-state index contributed by atoms with van der Waals surface area (Å²) in [6, 6.07) is 0. The number of hydrogen-bond acceptors (Lipinski definition) is 4. The average molecular weight is 264 g/mol. The highest BCUT2D eigenvalue weighted by molar-refractivity contribution is 6.08. The number of nitrogens with one attached hydrogen (secondary N) is 2. The van der Waals surface area contributed by atoms with Crippen molar-refractivity contribution in [3.63, 3.8) is 0 Å². The van der Waals surface area contributed by atoms with Gasteiger partial charge in [0.2, 0.25) is 0 Å². The van der Waals surface area contributed by atoms with Crippen molar-refractivity contribution < 1.29 is 9.84 Å². The zero-order chi connectivity index (χ0) is 14.7. The first-order chi connectivity index (χ1) is 9.01. The molecule has 0 spiro atoms. The summed E-state index contributed by atoms with van der Waals surface area (Å²) >= 11 is 0. The van der Waals surface area contributed by atoms with E-state index in [0.29, 0.717) is 12.2 Å². The van der Waals surface area contributed by atoms with Crippen molar-refractivity contribution in [2.45, 2.75) is 33.3 Å². The first kappa shape index (κ1) is 17.2. The van der Waals surface area contributed by atoms with E-state index in [0.717, 1.165) is 6.42 Å². The topological polar surface area (TPSA) is 65.3 Å². The molecule has 0 saturated heterocycles.